The number of fused-ring (bicyclic) bond motifs is 1. The second kappa shape index (κ2) is 6.00. The van der Waals surface area contributed by atoms with E-state index >= 15 is 0 Å². The first-order chi connectivity index (χ1) is 11.3. The van der Waals surface area contributed by atoms with Gasteiger partial charge in [0.25, 0.3) is 0 Å². The van der Waals surface area contributed by atoms with E-state index in [9.17, 15) is 4.79 Å². The maximum atomic E-state index is 12.8. The minimum absolute atomic E-state index is 0.124. The highest BCUT2D eigenvalue weighted by Crippen LogP contribution is 2.22. The molecule has 2 aromatic rings. The molecule has 0 aliphatic carbocycles. The van der Waals surface area contributed by atoms with Gasteiger partial charge in [-0.25, -0.2) is 9.97 Å². The van der Waals surface area contributed by atoms with Crippen molar-refractivity contribution in [1.82, 2.24) is 25.2 Å². The molecule has 4 rings (SSSR count). The number of nitrogens with zero attached hydrogens (tertiary/aromatic N) is 4. The molecule has 0 unspecified atom stereocenters. The third kappa shape index (κ3) is 2.68. The number of aromatic amines is 1. The fraction of sp³-hybridized carbons (Fsp3) is 0.438. The van der Waals surface area contributed by atoms with Gasteiger partial charge in [0.05, 0.1) is 12.0 Å². The average molecular weight is 312 g/mol. The number of H-pyrrole nitrogens is 1. The van der Waals surface area contributed by atoms with Crippen LogP contribution in [-0.2, 0) is 11.2 Å². The van der Waals surface area contributed by atoms with Gasteiger partial charge in [0.2, 0.25) is 5.91 Å². The van der Waals surface area contributed by atoms with Gasteiger partial charge in [-0.15, -0.1) is 0 Å². The molecule has 0 bridgehead atoms. The first-order valence-corrected chi connectivity index (χ1v) is 8.03. The van der Waals surface area contributed by atoms with E-state index in [1.165, 1.54) is 0 Å². The number of imidazole rings is 1. The van der Waals surface area contributed by atoms with Crippen molar-refractivity contribution in [2.75, 3.05) is 37.6 Å². The Morgan fingerprint density at radius 3 is 2.83 bits per heavy atom. The van der Waals surface area contributed by atoms with Crippen LogP contribution in [0.5, 0.6) is 0 Å². The maximum absolute atomic E-state index is 12.8. The fourth-order valence-corrected chi connectivity index (χ4v) is 3.30. The standard InChI is InChI=1S/C16H20N6O/c23-16(15-14-12(4-6-18-15)19-11-20-14)22-9-7-21(8-10-22)13-3-1-2-5-17-13/h1-3,5,11,15,18H,4,6-10H2,(H,19,20)/t15-/m1/s1. The van der Waals surface area contributed by atoms with Crippen LogP contribution in [0.3, 0.4) is 0 Å². The molecular weight excluding hydrogens is 292 g/mol. The van der Waals surface area contributed by atoms with Gasteiger partial charge in [-0.3, -0.25) is 4.79 Å². The minimum Gasteiger partial charge on any atom is -0.353 e. The largest absolute Gasteiger partial charge is 0.353 e. The molecule has 2 aliphatic rings. The molecule has 1 atom stereocenters. The molecule has 0 aromatic carbocycles. The van der Waals surface area contributed by atoms with Gasteiger partial charge < -0.3 is 20.1 Å². The Morgan fingerprint density at radius 1 is 1.17 bits per heavy atom. The van der Waals surface area contributed by atoms with Gasteiger partial charge in [0, 0.05) is 51.0 Å². The van der Waals surface area contributed by atoms with Crippen LogP contribution < -0.4 is 10.2 Å². The molecule has 2 aliphatic heterocycles. The summed E-state index contributed by atoms with van der Waals surface area (Å²) in [5.41, 5.74) is 1.93. The zero-order valence-corrected chi connectivity index (χ0v) is 12.9. The molecule has 0 spiro atoms. The molecule has 0 radical (unpaired) electrons. The second-order valence-electron chi connectivity index (χ2n) is 5.90. The second-order valence-corrected chi connectivity index (χ2v) is 5.90. The van der Waals surface area contributed by atoms with E-state index in [-0.39, 0.29) is 11.9 Å². The van der Waals surface area contributed by atoms with Crippen LogP contribution in [0.4, 0.5) is 5.82 Å². The lowest BCUT2D eigenvalue weighted by Gasteiger charge is -2.37. The Kier molecular flexibility index (Phi) is 3.70. The summed E-state index contributed by atoms with van der Waals surface area (Å²) in [6.07, 6.45) is 4.38. The Hall–Kier alpha value is -2.41. The lowest BCUT2D eigenvalue weighted by Crippen LogP contribution is -2.52. The van der Waals surface area contributed by atoms with E-state index < -0.39 is 0 Å². The third-order valence-electron chi connectivity index (χ3n) is 4.56. The number of carbonyl (C=O) groups is 1. The van der Waals surface area contributed by atoms with E-state index in [1.54, 1.807) is 12.5 Å². The predicted molar refractivity (Wildman–Crippen MR) is 86.1 cm³/mol. The topological polar surface area (TPSA) is 77.2 Å². The summed E-state index contributed by atoms with van der Waals surface area (Å²) in [4.78, 5) is 28.8. The van der Waals surface area contributed by atoms with Crippen LogP contribution in [0.1, 0.15) is 17.4 Å². The number of nitrogens with one attached hydrogen (secondary N) is 2. The lowest BCUT2D eigenvalue weighted by atomic mass is 10.0. The SMILES string of the molecule is O=C([C@@H]1NCCc2[nH]cnc21)N1CCN(c2ccccn2)CC1. The highest BCUT2D eigenvalue weighted by atomic mass is 16.2. The monoisotopic (exact) mass is 312 g/mol. The summed E-state index contributed by atoms with van der Waals surface area (Å²) in [6, 6.07) is 5.60. The third-order valence-corrected chi connectivity index (χ3v) is 4.56. The molecule has 7 heteroatoms. The van der Waals surface area contributed by atoms with Crippen LogP contribution in [0, 0.1) is 0 Å². The lowest BCUT2D eigenvalue weighted by molar-refractivity contribution is -0.134. The molecule has 120 valence electrons. The average Bonchev–Trinajstić information content (AvgIpc) is 3.11. The molecule has 0 saturated carbocycles. The number of rotatable bonds is 2. The smallest absolute Gasteiger partial charge is 0.246 e. The number of amides is 1. The molecule has 1 saturated heterocycles. The number of hydrogen-bond acceptors (Lipinski definition) is 5. The van der Waals surface area contributed by atoms with Crippen LogP contribution in [-0.4, -0.2) is 58.5 Å². The van der Waals surface area contributed by atoms with Gasteiger partial charge >= 0.3 is 0 Å². The number of carbonyl (C=O) groups excluding carboxylic acids is 1. The van der Waals surface area contributed by atoms with Crippen molar-refractivity contribution in [1.29, 1.82) is 0 Å². The van der Waals surface area contributed by atoms with Crippen molar-refractivity contribution in [3.05, 3.63) is 42.1 Å². The molecule has 4 heterocycles. The molecule has 1 fully saturated rings. The Bertz CT molecular complexity index is 677. The number of hydrogen-bond donors (Lipinski definition) is 2. The van der Waals surface area contributed by atoms with Crippen molar-refractivity contribution in [2.24, 2.45) is 0 Å². The number of piperazine rings is 1. The number of pyridine rings is 1. The van der Waals surface area contributed by atoms with E-state index in [4.69, 9.17) is 0 Å². The normalized spacial score (nSPS) is 21.1. The number of aromatic nitrogens is 3. The molecule has 7 nitrogen and oxygen atoms in total. The summed E-state index contributed by atoms with van der Waals surface area (Å²) in [6.45, 7) is 3.85. The van der Waals surface area contributed by atoms with Gasteiger partial charge in [-0.1, -0.05) is 6.07 Å². The summed E-state index contributed by atoms with van der Waals surface area (Å²) < 4.78 is 0. The first-order valence-electron chi connectivity index (χ1n) is 8.03. The summed E-state index contributed by atoms with van der Waals surface area (Å²) in [7, 11) is 0. The Morgan fingerprint density at radius 2 is 2.04 bits per heavy atom. The Labute approximate surface area is 134 Å². The molecule has 2 N–H and O–H groups in total. The zero-order chi connectivity index (χ0) is 15.6. The zero-order valence-electron chi connectivity index (χ0n) is 12.9. The van der Waals surface area contributed by atoms with Gasteiger partial charge in [0.15, 0.2) is 0 Å². The van der Waals surface area contributed by atoms with Crippen molar-refractivity contribution in [3.8, 4) is 0 Å². The quantitative estimate of drug-likeness (QED) is 0.836. The number of anilines is 1. The van der Waals surface area contributed by atoms with Gasteiger partial charge in [-0.2, -0.15) is 0 Å². The molecule has 2 aromatic heterocycles. The molecular formula is C16H20N6O. The summed E-state index contributed by atoms with van der Waals surface area (Å²) in [5, 5.41) is 3.30. The van der Waals surface area contributed by atoms with Crippen molar-refractivity contribution in [3.63, 3.8) is 0 Å². The first kappa shape index (κ1) is 14.2. The summed E-state index contributed by atoms with van der Waals surface area (Å²) in [5.74, 6) is 1.10. The molecule has 23 heavy (non-hydrogen) atoms. The van der Waals surface area contributed by atoms with Gasteiger partial charge in [-0.05, 0) is 12.1 Å². The van der Waals surface area contributed by atoms with E-state index in [0.29, 0.717) is 13.1 Å². The van der Waals surface area contributed by atoms with Crippen molar-refractivity contribution >= 4 is 11.7 Å². The van der Waals surface area contributed by atoms with Crippen LogP contribution in [0.2, 0.25) is 0 Å². The van der Waals surface area contributed by atoms with E-state index in [2.05, 4.69) is 25.2 Å². The van der Waals surface area contributed by atoms with E-state index in [1.807, 2.05) is 23.1 Å². The Balaban J connectivity index is 1.42. The van der Waals surface area contributed by atoms with Gasteiger partial charge in [0.1, 0.15) is 11.9 Å². The van der Waals surface area contributed by atoms with Crippen molar-refractivity contribution in [2.45, 2.75) is 12.5 Å². The highest BCUT2D eigenvalue weighted by molar-refractivity contribution is 5.83. The van der Waals surface area contributed by atoms with Crippen LogP contribution >= 0.6 is 0 Å². The highest BCUT2D eigenvalue weighted by Gasteiger charge is 2.33. The van der Waals surface area contributed by atoms with Crippen LogP contribution in [0.15, 0.2) is 30.7 Å². The minimum atomic E-state index is -0.314. The molecule has 1 amide bonds. The summed E-state index contributed by atoms with van der Waals surface area (Å²) >= 11 is 0. The predicted octanol–water partition coefficient (Wildman–Crippen LogP) is 0.340. The fourth-order valence-electron chi connectivity index (χ4n) is 3.30. The van der Waals surface area contributed by atoms with Crippen LogP contribution in [0.25, 0.3) is 0 Å². The van der Waals surface area contributed by atoms with Crippen molar-refractivity contribution < 1.29 is 4.79 Å². The maximum Gasteiger partial charge on any atom is 0.246 e. The van der Waals surface area contributed by atoms with E-state index in [0.717, 1.165) is 43.3 Å².